The first-order valence-electron chi connectivity index (χ1n) is 9.25. The van der Waals surface area contributed by atoms with Crippen molar-refractivity contribution in [2.45, 2.75) is 13.5 Å². The van der Waals surface area contributed by atoms with Gasteiger partial charge in [0.1, 0.15) is 0 Å². The number of carbonyl (C=O) groups is 1. The number of aromatic nitrogens is 1. The molecule has 0 spiro atoms. The van der Waals surface area contributed by atoms with Crippen LogP contribution < -0.4 is 5.32 Å². The lowest BCUT2D eigenvalue weighted by molar-refractivity contribution is -0.114. The highest BCUT2D eigenvalue weighted by Crippen LogP contribution is 2.33. The summed E-state index contributed by atoms with van der Waals surface area (Å²) in [5, 5.41) is 5.04. The number of morpholine rings is 1. The molecule has 5 nitrogen and oxygen atoms in total. The minimum Gasteiger partial charge on any atom is -0.379 e. The molecule has 0 radical (unpaired) electrons. The Morgan fingerprint density at radius 2 is 1.85 bits per heavy atom. The van der Waals surface area contributed by atoms with Gasteiger partial charge in [-0.1, -0.05) is 36.4 Å². The Balaban J connectivity index is 1.63. The maximum absolute atomic E-state index is 11.5. The van der Waals surface area contributed by atoms with E-state index in [4.69, 9.17) is 4.74 Å². The van der Waals surface area contributed by atoms with Crippen LogP contribution in [0.15, 0.2) is 54.7 Å². The summed E-state index contributed by atoms with van der Waals surface area (Å²) in [6.07, 6.45) is 1.94. The van der Waals surface area contributed by atoms with Crippen LogP contribution in [-0.2, 0) is 16.1 Å². The summed E-state index contributed by atoms with van der Waals surface area (Å²) in [5.74, 6) is -0.0676. The van der Waals surface area contributed by atoms with Crippen molar-refractivity contribution in [3.63, 3.8) is 0 Å². The fourth-order valence-electron chi connectivity index (χ4n) is 3.52. The van der Waals surface area contributed by atoms with Crippen LogP contribution in [0.25, 0.3) is 21.9 Å². The van der Waals surface area contributed by atoms with Crippen LogP contribution in [0.5, 0.6) is 0 Å². The van der Waals surface area contributed by atoms with Gasteiger partial charge in [-0.05, 0) is 23.1 Å². The maximum atomic E-state index is 11.5. The second-order valence-corrected chi connectivity index (χ2v) is 6.81. The third-order valence-electron chi connectivity index (χ3n) is 4.86. The van der Waals surface area contributed by atoms with Crippen molar-refractivity contribution in [1.29, 1.82) is 0 Å². The van der Waals surface area contributed by atoms with E-state index in [2.05, 4.69) is 33.4 Å². The molecule has 0 saturated carbocycles. The van der Waals surface area contributed by atoms with E-state index in [-0.39, 0.29) is 5.91 Å². The van der Waals surface area contributed by atoms with Gasteiger partial charge in [0.05, 0.1) is 18.9 Å². The molecule has 1 aliphatic heterocycles. The summed E-state index contributed by atoms with van der Waals surface area (Å²) in [6.45, 7) is 5.89. The molecule has 0 unspecified atom stereocenters. The Kier molecular flexibility index (Phi) is 5.14. The number of anilines is 1. The molecule has 1 saturated heterocycles. The molecule has 0 bridgehead atoms. The van der Waals surface area contributed by atoms with Gasteiger partial charge in [-0.2, -0.15) is 0 Å². The lowest BCUT2D eigenvalue weighted by Crippen LogP contribution is -2.35. The second kappa shape index (κ2) is 7.86. The first-order chi connectivity index (χ1) is 13.2. The number of fused-ring (bicyclic) bond motifs is 1. The fourth-order valence-corrected chi connectivity index (χ4v) is 3.52. The minimum atomic E-state index is -0.0676. The lowest BCUT2D eigenvalue weighted by atomic mass is 9.98. The smallest absolute Gasteiger partial charge is 0.221 e. The standard InChI is InChI=1S/C22H23N3O2/c1-16(26)24-22-9-8-19(20-4-2-3-5-21(20)22)17-6-7-18(23-14-17)15-25-10-12-27-13-11-25/h2-9,14H,10-13,15H2,1H3,(H,24,26). The van der Waals surface area contributed by atoms with E-state index in [1.807, 2.05) is 36.5 Å². The van der Waals surface area contributed by atoms with Gasteiger partial charge in [0.2, 0.25) is 5.91 Å². The summed E-state index contributed by atoms with van der Waals surface area (Å²) in [6, 6.07) is 16.4. The zero-order valence-corrected chi connectivity index (χ0v) is 15.4. The third kappa shape index (κ3) is 3.99. The number of nitrogens with zero attached hydrogens (tertiary/aromatic N) is 2. The molecule has 1 aliphatic rings. The summed E-state index contributed by atoms with van der Waals surface area (Å²) < 4.78 is 5.40. The SMILES string of the molecule is CC(=O)Nc1ccc(-c2ccc(CN3CCOCC3)nc2)c2ccccc12. The van der Waals surface area contributed by atoms with E-state index in [0.717, 1.165) is 66.1 Å². The van der Waals surface area contributed by atoms with Gasteiger partial charge in [0, 0.05) is 49.4 Å². The number of pyridine rings is 1. The molecule has 27 heavy (non-hydrogen) atoms. The molecule has 2 aromatic carbocycles. The normalized spacial score (nSPS) is 15.0. The van der Waals surface area contributed by atoms with Crippen molar-refractivity contribution in [3.8, 4) is 11.1 Å². The molecule has 2 heterocycles. The molecule has 1 amide bonds. The van der Waals surface area contributed by atoms with E-state index in [1.165, 1.54) is 6.92 Å². The Bertz CT molecular complexity index is 947. The van der Waals surface area contributed by atoms with Gasteiger partial charge in [0.25, 0.3) is 0 Å². The van der Waals surface area contributed by atoms with Gasteiger partial charge < -0.3 is 10.1 Å². The highest BCUT2D eigenvalue weighted by Gasteiger charge is 2.12. The van der Waals surface area contributed by atoms with Crippen LogP contribution in [0.2, 0.25) is 0 Å². The fraction of sp³-hybridized carbons (Fsp3) is 0.273. The Hall–Kier alpha value is -2.76. The second-order valence-electron chi connectivity index (χ2n) is 6.81. The number of hydrogen-bond acceptors (Lipinski definition) is 4. The van der Waals surface area contributed by atoms with E-state index < -0.39 is 0 Å². The Morgan fingerprint density at radius 3 is 2.56 bits per heavy atom. The van der Waals surface area contributed by atoms with Gasteiger partial charge in [-0.15, -0.1) is 0 Å². The zero-order valence-electron chi connectivity index (χ0n) is 15.4. The number of carbonyl (C=O) groups excluding carboxylic acids is 1. The van der Waals surface area contributed by atoms with Crippen LogP contribution in [0.1, 0.15) is 12.6 Å². The highest BCUT2D eigenvalue weighted by atomic mass is 16.5. The summed E-state index contributed by atoms with van der Waals surface area (Å²) in [7, 11) is 0. The first kappa shape index (κ1) is 17.6. The third-order valence-corrected chi connectivity index (χ3v) is 4.86. The topological polar surface area (TPSA) is 54.5 Å². The Labute approximate surface area is 159 Å². The number of hydrogen-bond donors (Lipinski definition) is 1. The van der Waals surface area contributed by atoms with Crippen LogP contribution in [-0.4, -0.2) is 42.1 Å². The quantitative estimate of drug-likeness (QED) is 0.770. The van der Waals surface area contributed by atoms with Crippen molar-refractivity contribution >= 4 is 22.4 Å². The first-order valence-corrected chi connectivity index (χ1v) is 9.25. The number of amides is 1. The number of rotatable bonds is 4. The molecule has 4 rings (SSSR count). The summed E-state index contributed by atoms with van der Waals surface area (Å²) >= 11 is 0. The van der Waals surface area contributed by atoms with E-state index in [9.17, 15) is 4.79 Å². The summed E-state index contributed by atoms with van der Waals surface area (Å²) in [4.78, 5) is 18.5. The molecule has 1 N–H and O–H groups in total. The largest absolute Gasteiger partial charge is 0.379 e. The maximum Gasteiger partial charge on any atom is 0.221 e. The average molecular weight is 361 g/mol. The van der Waals surface area contributed by atoms with Crippen molar-refractivity contribution in [2.75, 3.05) is 31.6 Å². The molecular weight excluding hydrogens is 338 g/mol. The van der Waals surface area contributed by atoms with Crippen molar-refractivity contribution in [1.82, 2.24) is 9.88 Å². The molecule has 5 heteroatoms. The van der Waals surface area contributed by atoms with Crippen LogP contribution >= 0.6 is 0 Å². The molecular formula is C22H23N3O2. The van der Waals surface area contributed by atoms with Crippen LogP contribution in [0.3, 0.4) is 0 Å². The minimum absolute atomic E-state index is 0.0676. The molecule has 0 aliphatic carbocycles. The molecule has 3 aromatic rings. The zero-order chi connectivity index (χ0) is 18.6. The predicted molar refractivity (Wildman–Crippen MR) is 108 cm³/mol. The lowest BCUT2D eigenvalue weighted by Gasteiger charge is -2.26. The van der Waals surface area contributed by atoms with E-state index in [0.29, 0.717) is 0 Å². The van der Waals surface area contributed by atoms with Gasteiger partial charge in [0.15, 0.2) is 0 Å². The van der Waals surface area contributed by atoms with Gasteiger partial charge >= 0.3 is 0 Å². The monoisotopic (exact) mass is 361 g/mol. The average Bonchev–Trinajstić information content (AvgIpc) is 2.69. The number of benzene rings is 2. The summed E-state index contributed by atoms with van der Waals surface area (Å²) in [5.41, 5.74) is 4.09. The van der Waals surface area contributed by atoms with Crippen LogP contribution in [0.4, 0.5) is 5.69 Å². The van der Waals surface area contributed by atoms with E-state index >= 15 is 0 Å². The van der Waals surface area contributed by atoms with Crippen LogP contribution in [0, 0.1) is 0 Å². The van der Waals surface area contributed by atoms with Crippen molar-refractivity contribution < 1.29 is 9.53 Å². The van der Waals surface area contributed by atoms with Gasteiger partial charge in [-0.25, -0.2) is 0 Å². The number of nitrogens with one attached hydrogen (secondary N) is 1. The van der Waals surface area contributed by atoms with Gasteiger partial charge in [-0.3, -0.25) is 14.7 Å². The molecule has 0 atom stereocenters. The van der Waals surface area contributed by atoms with Crippen molar-refractivity contribution in [3.05, 3.63) is 60.4 Å². The van der Waals surface area contributed by atoms with Crippen molar-refractivity contribution in [2.24, 2.45) is 0 Å². The molecule has 1 fully saturated rings. The van der Waals surface area contributed by atoms with E-state index in [1.54, 1.807) is 0 Å². The number of ether oxygens (including phenoxy) is 1. The predicted octanol–water partition coefficient (Wildman–Crippen LogP) is 3.69. The highest BCUT2D eigenvalue weighted by molar-refractivity contribution is 6.07. The Morgan fingerprint density at radius 1 is 1.07 bits per heavy atom. The molecule has 138 valence electrons. The molecule has 1 aromatic heterocycles.